The van der Waals surface area contributed by atoms with Crippen LogP contribution in [0.25, 0.3) is 0 Å². The molecule has 0 unspecified atom stereocenters. The Morgan fingerprint density at radius 1 is 1.12 bits per heavy atom. The van der Waals surface area contributed by atoms with Gasteiger partial charge < -0.3 is 4.98 Å². The Bertz CT molecular complexity index is 954. The Labute approximate surface area is 152 Å². The van der Waals surface area contributed by atoms with Crippen molar-refractivity contribution >= 4 is 23.4 Å². The minimum absolute atomic E-state index is 0.0948. The summed E-state index contributed by atoms with van der Waals surface area (Å²) in [5, 5.41) is 0.954. The van der Waals surface area contributed by atoms with Gasteiger partial charge in [-0.2, -0.15) is 0 Å². The average Bonchev–Trinajstić information content (AvgIpc) is 2.57. The van der Waals surface area contributed by atoms with Gasteiger partial charge in [0.25, 0.3) is 5.56 Å². The molecule has 2 aromatic carbocycles. The second kappa shape index (κ2) is 7.37. The van der Waals surface area contributed by atoms with Gasteiger partial charge in [-0.05, 0) is 43.3 Å². The first kappa shape index (κ1) is 17.6. The highest BCUT2D eigenvalue weighted by molar-refractivity contribution is 7.99. The summed E-state index contributed by atoms with van der Waals surface area (Å²) in [4.78, 5) is 20.0. The van der Waals surface area contributed by atoms with Crippen molar-refractivity contribution in [3.63, 3.8) is 0 Å². The first-order chi connectivity index (χ1) is 11.9. The smallest absolute Gasteiger partial charge is 0.254 e. The summed E-state index contributed by atoms with van der Waals surface area (Å²) >= 11 is 7.09. The van der Waals surface area contributed by atoms with Crippen LogP contribution in [0.2, 0.25) is 5.02 Å². The molecular formula is C18H13ClF2N2OS. The van der Waals surface area contributed by atoms with Crippen LogP contribution >= 0.6 is 23.4 Å². The van der Waals surface area contributed by atoms with Crippen LogP contribution in [0.15, 0.2) is 57.3 Å². The van der Waals surface area contributed by atoms with Crippen molar-refractivity contribution < 1.29 is 8.78 Å². The van der Waals surface area contributed by atoms with Gasteiger partial charge >= 0.3 is 0 Å². The van der Waals surface area contributed by atoms with Crippen molar-refractivity contribution in [3.8, 4) is 0 Å². The molecule has 0 atom stereocenters. The van der Waals surface area contributed by atoms with E-state index in [4.69, 9.17) is 11.6 Å². The second-order valence-corrected chi connectivity index (χ2v) is 6.87. The van der Waals surface area contributed by atoms with Crippen LogP contribution in [0.3, 0.4) is 0 Å². The second-order valence-electron chi connectivity index (χ2n) is 5.38. The molecule has 3 aromatic rings. The maximum Gasteiger partial charge on any atom is 0.254 e. The van der Waals surface area contributed by atoms with Crippen LogP contribution < -0.4 is 5.56 Å². The molecule has 1 N–H and O–H groups in total. The van der Waals surface area contributed by atoms with E-state index in [2.05, 4.69) is 9.97 Å². The molecule has 0 aliphatic carbocycles. The van der Waals surface area contributed by atoms with Crippen molar-refractivity contribution in [1.29, 1.82) is 0 Å². The number of H-pyrrole nitrogens is 1. The van der Waals surface area contributed by atoms with Gasteiger partial charge in [-0.15, -0.1) is 0 Å². The Balaban J connectivity index is 1.96. The van der Waals surface area contributed by atoms with Gasteiger partial charge in [-0.1, -0.05) is 29.4 Å². The lowest BCUT2D eigenvalue weighted by Crippen LogP contribution is -2.16. The number of halogens is 3. The number of aromatic amines is 1. The maximum absolute atomic E-state index is 13.9. The molecule has 0 amide bonds. The van der Waals surface area contributed by atoms with E-state index in [1.807, 2.05) is 0 Å². The third-order valence-corrected chi connectivity index (χ3v) is 4.81. The molecule has 0 aliphatic rings. The fourth-order valence-corrected chi connectivity index (χ4v) is 3.18. The van der Waals surface area contributed by atoms with Crippen molar-refractivity contribution in [2.75, 3.05) is 0 Å². The summed E-state index contributed by atoms with van der Waals surface area (Å²) in [7, 11) is 0. The molecular weight excluding hydrogens is 366 g/mol. The van der Waals surface area contributed by atoms with Crippen LogP contribution in [0.5, 0.6) is 0 Å². The van der Waals surface area contributed by atoms with Crippen LogP contribution in [0, 0.1) is 18.6 Å². The lowest BCUT2D eigenvalue weighted by Gasteiger charge is -2.09. The monoisotopic (exact) mass is 378 g/mol. The number of nitrogens with zero attached hydrogens (tertiary/aromatic N) is 1. The third-order valence-electron chi connectivity index (χ3n) is 3.66. The van der Waals surface area contributed by atoms with E-state index in [0.29, 0.717) is 21.4 Å². The highest BCUT2D eigenvalue weighted by atomic mass is 35.5. The Morgan fingerprint density at radius 2 is 1.76 bits per heavy atom. The number of nitrogens with one attached hydrogen (secondary N) is 1. The Kier molecular flexibility index (Phi) is 5.20. The maximum atomic E-state index is 13.9. The van der Waals surface area contributed by atoms with Crippen LogP contribution in [-0.2, 0) is 6.42 Å². The predicted octanol–water partition coefficient (Wildman–Crippen LogP) is 4.75. The fourth-order valence-electron chi connectivity index (χ4n) is 2.26. The minimum atomic E-state index is -0.659. The molecule has 128 valence electrons. The van der Waals surface area contributed by atoms with Gasteiger partial charge in [0.2, 0.25) is 0 Å². The summed E-state index contributed by atoms with van der Waals surface area (Å²) in [6.07, 6.45) is -0.0948. The summed E-state index contributed by atoms with van der Waals surface area (Å²) in [5.74, 6) is -1.32. The number of hydrogen-bond donors (Lipinski definition) is 1. The van der Waals surface area contributed by atoms with Gasteiger partial charge in [-0.25, -0.2) is 13.8 Å². The van der Waals surface area contributed by atoms with E-state index in [1.54, 1.807) is 31.2 Å². The summed E-state index contributed by atoms with van der Waals surface area (Å²) in [6, 6.07) is 10.7. The van der Waals surface area contributed by atoms with E-state index in [9.17, 15) is 13.6 Å². The quantitative estimate of drug-likeness (QED) is 0.666. The molecule has 3 nitrogen and oxygen atoms in total. The fraction of sp³-hybridized carbons (Fsp3) is 0.111. The van der Waals surface area contributed by atoms with Crippen molar-refractivity contribution in [3.05, 3.63) is 86.3 Å². The SMILES string of the molecule is Cc1c(Cc2c(F)cccc2F)nc(Sc2ccc(Cl)cc2)[nH]c1=O. The Morgan fingerprint density at radius 3 is 2.40 bits per heavy atom. The van der Waals surface area contributed by atoms with E-state index >= 15 is 0 Å². The van der Waals surface area contributed by atoms with Gasteiger partial charge in [-0.3, -0.25) is 4.79 Å². The zero-order chi connectivity index (χ0) is 18.0. The Hall–Kier alpha value is -2.18. The number of aromatic nitrogens is 2. The standard InChI is InChI=1S/C18H13ClF2N2OS/c1-10-16(9-13-14(20)3-2-4-15(13)21)22-18(23-17(10)24)25-12-7-5-11(19)6-8-12/h2-8H,9H2,1H3,(H,22,23,24). The van der Waals surface area contributed by atoms with Crippen LogP contribution in [0.4, 0.5) is 8.78 Å². The first-order valence-corrected chi connectivity index (χ1v) is 8.59. The lowest BCUT2D eigenvalue weighted by molar-refractivity contribution is 0.559. The normalized spacial score (nSPS) is 10.9. The first-order valence-electron chi connectivity index (χ1n) is 7.40. The summed E-state index contributed by atoms with van der Waals surface area (Å²) < 4.78 is 27.8. The molecule has 1 aromatic heterocycles. The van der Waals surface area contributed by atoms with Crippen molar-refractivity contribution in [2.24, 2.45) is 0 Å². The minimum Gasteiger partial charge on any atom is -0.301 e. The van der Waals surface area contributed by atoms with Gasteiger partial charge in [0, 0.05) is 27.5 Å². The highest BCUT2D eigenvalue weighted by Gasteiger charge is 2.15. The number of hydrogen-bond acceptors (Lipinski definition) is 3. The number of rotatable bonds is 4. The average molecular weight is 379 g/mol. The van der Waals surface area contributed by atoms with Gasteiger partial charge in [0.15, 0.2) is 5.16 Å². The molecule has 3 rings (SSSR count). The zero-order valence-corrected chi connectivity index (χ0v) is 14.7. The zero-order valence-electron chi connectivity index (χ0n) is 13.1. The molecule has 0 aliphatic heterocycles. The van der Waals surface area contributed by atoms with E-state index in [-0.39, 0.29) is 17.5 Å². The molecule has 0 spiro atoms. The van der Waals surface area contributed by atoms with Gasteiger partial charge in [0.1, 0.15) is 11.6 Å². The molecule has 7 heteroatoms. The molecule has 0 radical (unpaired) electrons. The molecule has 0 saturated heterocycles. The molecule has 0 bridgehead atoms. The molecule has 25 heavy (non-hydrogen) atoms. The highest BCUT2D eigenvalue weighted by Crippen LogP contribution is 2.26. The van der Waals surface area contributed by atoms with Crippen molar-refractivity contribution in [1.82, 2.24) is 9.97 Å². The molecule has 1 heterocycles. The third kappa shape index (κ3) is 4.08. The summed E-state index contributed by atoms with van der Waals surface area (Å²) in [5.41, 5.74) is 0.233. The molecule has 0 saturated carbocycles. The number of benzene rings is 2. The lowest BCUT2D eigenvalue weighted by atomic mass is 10.1. The van der Waals surface area contributed by atoms with Gasteiger partial charge in [0.05, 0.1) is 5.69 Å². The van der Waals surface area contributed by atoms with Crippen LogP contribution in [0.1, 0.15) is 16.8 Å². The van der Waals surface area contributed by atoms with Crippen molar-refractivity contribution in [2.45, 2.75) is 23.4 Å². The van der Waals surface area contributed by atoms with E-state index in [1.165, 1.54) is 30.0 Å². The topological polar surface area (TPSA) is 45.8 Å². The molecule has 0 fully saturated rings. The predicted molar refractivity (Wildman–Crippen MR) is 94.3 cm³/mol. The van der Waals surface area contributed by atoms with Crippen LogP contribution in [-0.4, -0.2) is 9.97 Å². The summed E-state index contributed by atoms with van der Waals surface area (Å²) in [6.45, 7) is 1.58. The largest absolute Gasteiger partial charge is 0.301 e. The van der Waals surface area contributed by atoms with E-state index in [0.717, 1.165) is 4.90 Å². The van der Waals surface area contributed by atoms with E-state index < -0.39 is 11.6 Å².